The van der Waals surface area contributed by atoms with Gasteiger partial charge in [-0.15, -0.1) is 0 Å². The van der Waals surface area contributed by atoms with Crippen molar-refractivity contribution in [2.24, 2.45) is 0 Å². The Morgan fingerprint density at radius 2 is 1.73 bits per heavy atom. The highest BCUT2D eigenvalue weighted by molar-refractivity contribution is 7.89. The molecule has 2 aromatic rings. The van der Waals surface area contributed by atoms with Gasteiger partial charge in [-0.3, -0.25) is 4.79 Å². The number of sulfonamides is 1. The van der Waals surface area contributed by atoms with Crippen LogP contribution in [0.4, 0.5) is 0 Å². The van der Waals surface area contributed by atoms with Crippen molar-refractivity contribution < 1.29 is 13.2 Å². The standard InChI is InChI=1S/C20H24N2O3S/c1-15(16-8-3-2-4-9-16)22-26(24,25)19-13-7-10-17(14-19)20(23)21-18-11-5-6-12-18/h2-4,7-10,13-15,18,22H,5-6,11-12H2,1H3,(H,21,23). The summed E-state index contributed by atoms with van der Waals surface area (Å²) in [6.45, 7) is 1.80. The van der Waals surface area contributed by atoms with Crippen molar-refractivity contribution in [3.8, 4) is 0 Å². The van der Waals surface area contributed by atoms with Crippen LogP contribution in [0.1, 0.15) is 54.6 Å². The van der Waals surface area contributed by atoms with E-state index in [9.17, 15) is 13.2 Å². The minimum Gasteiger partial charge on any atom is -0.349 e. The molecule has 26 heavy (non-hydrogen) atoms. The predicted molar refractivity (Wildman–Crippen MR) is 101 cm³/mol. The van der Waals surface area contributed by atoms with E-state index in [1.54, 1.807) is 19.1 Å². The van der Waals surface area contributed by atoms with Gasteiger partial charge in [-0.05, 0) is 43.5 Å². The molecule has 0 aromatic heterocycles. The molecule has 138 valence electrons. The van der Waals surface area contributed by atoms with Gasteiger partial charge < -0.3 is 5.32 Å². The van der Waals surface area contributed by atoms with Crippen LogP contribution in [-0.2, 0) is 10.0 Å². The second kappa shape index (κ2) is 8.01. The number of carbonyl (C=O) groups is 1. The lowest BCUT2D eigenvalue weighted by Crippen LogP contribution is -2.33. The second-order valence-corrected chi connectivity index (χ2v) is 8.45. The van der Waals surface area contributed by atoms with Crippen molar-refractivity contribution in [3.05, 3.63) is 65.7 Å². The Labute approximate surface area is 154 Å². The van der Waals surface area contributed by atoms with Crippen LogP contribution in [0.2, 0.25) is 0 Å². The zero-order chi connectivity index (χ0) is 18.6. The molecule has 1 fully saturated rings. The van der Waals surface area contributed by atoms with E-state index in [0.29, 0.717) is 5.56 Å². The summed E-state index contributed by atoms with van der Waals surface area (Å²) in [4.78, 5) is 12.5. The van der Waals surface area contributed by atoms with Crippen LogP contribution in [0.5, 0.6) is 0 Å². The van der Waals surface area contributed by atoms with Crippen LogP contribution in [0.3, 0.4) is 0 Å². The molecule has 0 spiro atoms. The van der Waals surface area contributed by atoms with Gasteiger partial charge >= 0.3 is 0 Å². The molecular weight excluding hydrogens is 348 g/mol. The van der Waals surface area contributed by atoms with Crippen LogP contribution >= 0.6 is 0 Å². The molecule has 0 bridgehead atoms. The number of hydrogen-bond donors (Lipinski definition) is 2. The highest BCUT2D eigenvalue weighted by Crippen LogP contribution is 2.20. The van der Waals surface area contributed by atoms with Crippen molar-refractivity contribution in [1.82, 2.24) is 10.0 Å². The zero-order valence-electron chi connectivity index (χ0n) is 14.8. The van der Waals surface area contributed by atoms with Crippen molar-refractivity contribution in [1.29, 1.82) is 0 Å². The third kappa shape index (κ3) is 4.51. The highest BCUT2D eigenvalue weighted by Gasteiger charge is 2.21. The molecule has 5 nitrogen and oxygen atoms in total. The van der Waals surface area contributed by atoms with Gasteiger partial charge in [0, 0.05) is 17.6 Å². The second-order valence-electron chi connectivity index (χ2n) is 6.74. The molecule has 1 aliphatic carbocycles. The molecule has 0 radical (unpaired) electrons. The van der Waals surface area contributed by atoms with Crippen molar-refractivity contribution in [2.75, 3.05) is 0 Å². The van der Waals surface area contributed by atoms with Gasteiger partial charge in [0.2, 0.25) is 10.0 Å². The minimum absolute atomic E-state index is 0.0966. The normalized spacial score (nSPS) is 16.3. The lowest BCUT2D eigenvalue weighted by atomic mass is 10.1. The predicted octanol–water partition coefficient (Wildman–Crippen LogP) is 3.40. The zero-order valence-corrected chi connectivity index (χ0v) is 15.6. The van der Waals surface area contributed by atoms with Crippen molar-refractivity contribution in [2.45, 2.75) is 49.6 Å². The van der Waals surface area contributed by atoms with E-state index in [0.717, 1.165) is 31.2 Å². The molecule has 2 N–H and O–H groups in total. The van der Waals surface area contributed by atoms with E-state index in [4.69, 9.17) is 0 Å². The number of rotatable bonds is 6. The van der Waals surface area contributed by atoms with E-state index < -0.39 is 10.0 Å². The molecular formula is C20H24N2O3S. The Morgan fingerprint density at radius 1 is 1.04 bits per heavy atom. The van der Waals surface area contributed by atoms with Crippen LogP contribution in [0.15, 0.2) is 59.5 Å². The largest absolute Gasteiger partial charge is 0.349 e. The molecule has 6 heteroatoms. The average Bonchev–Trinajstić information content (AvgIpc) is 3.15. The van der Waals surface area contributed by atoms with Gasteiger partial charge in [0.1, 0.15) is 0 Å². The molecule has 1 amide bonds. The van der Waals surface area contributed by atoms with Crippen LogP contribution in [0.25, 0.3) is 0 Å². The Bertz CT molecular complexity index is 860. The molecule has 1 unspecified atom stereocenters. The smallest absolute Gasteiger partial charge is 0.251 e. The molecule has 0 aliphatic heterocycles. The SMILES string of the molecule is CC(NS(=O)(=O)c1cccc(C(=O)NC2CCCC2)c1)c1ccccc1. The maximum absolute atomic E-state index is 12.7. The third-order valence-corrected chi connectivity index (χ3v) is 6.27. The van der Waals surface area contributed by atoms with Gasteiger partial charge in [0.05, 0.1) is 4.90 Å². The maximum Gasteiger partial charge on any atom is 0.251 e. The molecule has 0 saturated heterocycles. The number of amides is 1. The number of carbonyl (C=O) groups excluding carboxylic acids is 1. The first kappa shape index (κ1) is 18.6. The summed E-state index contributed by atoms with van der Waals surface area (Å²) in [6.07, 6.45) is 4.22. The van der Waals surface area contributed by atoms with E-state index in [1.165, 1.54) is 12.1 Å². The lowest BCUT2D eigenvalue weighted by molar-refractivity contribution is 0.0937. The number of nitrogens with one attached hydrogen (secondary N) is 2. The van der Waals surface area contributed by atoms with E-state index in [2.05, 4.69) is 10.0 Å². The van der Waals surface area contributed by atoms with Gasteiger partial charge in [0.15, 0.2) is 0 Å². The van der Waals surface area contributed by atoms with E-state index >= 15 is 0 Å². The Balaban J connectivity index is 1.74. The van der Waals surface area contributed by atoms with Crippen molar-refractivity contribution in [3.63, 3.8) is 0 Å². The summed E-state index contributed by atoms with van der Waals surface area (Å²) in [6, 6.07) is 15.4. The average molecular weight is 372 g/mol. The fourth-order valence-electron chi connectivity index (χ4n) is 3.25. The first-order valence-electron chi connectivity index (χ1n) is 8.94. The summed E-state index contributed by atoms with van der Waals surface area (Å²) in [5.74, 6) is -0.218. The van der Waals surface area contributed by atoms with Gasteiger partial charge in [-0.1, -0.05) is 49.2 Å². The number of hydrogen-bond acceptors (Lipinski definition) is 3. The molecule has 0 heterocycles. The third-order valence-electron chi connectivity index (χ3n) is 4.73. The summed E-state index contributed by atoms with van der Waals surface area (Å²) in [7, 11) is -3.72. The van der Waals surface area contributed by atoms with Crippen LogP contribution in [-0.4, -0.2) is 20.4 Å². The Morgan fingerprint density at radius 3 is 2.42 bits per heavy atom. The summed E-state index contributed by atoms with van der Waals surface area (Å²) < 4.78 is 28.1. The Kier molecular flexibility index (Phi) is 5.74. The molecule has 1 saturated carbocycles. The van der Waals surface area contributed by atoms with Gasteiger partial charge in [-0.25, -0.2) is 13.1 Å². The molecule has 2 aromatic carbocycles. The highest BCUT2D eigenvalue weighted by atomic mass is 32.2. The lowest BCUT2D eigenvalue weighted by Gasteiger charge is -2.16. The first-order valence-corrected chi connectivity index (χ1v) is 10.4. The minimum atomic E-state index is -3.72. The van der Waals surface area contributed by atoms with Crippen LogP contribution in [0, 0.1) is 0 Å². The quantitative estimate of drug-likeness (QED) is 0.816. The van der Waals surface area contributed by atoms with Gasteiger partial charge in [-0.2, -0.15) is 0 Å². The molecule has 1 atom stereocenters. The fourth-order valence-corrected chi connectivity index (χ4v) is 4.53. The van der Waals surface area contributed by atoms with E-state index in [1.807, 2.05) is 30.3 Å². The number of benzene rings is 2. The van der Waals surface area contributed by atoms with E-state index in [-0.39, 0.29) is 22.9 Å². The summed E-state index contributed by atoms with van der Waals surface area (Å²) >= 11 is 0. The molecule has 1 aliphatic rings. The summed E-state index contributed by atoms with van der Waals surface area (Å²) in [5, 5.41) is 2.99. The Hall–Kier alpha value is -2.18. The monoisotopic (exact) mass is 372 g/mol. The first-order chi connectivity index (χ1) is 12.5. The fraction of sp³-hybridized carbons (Fsp3) is 0.350. The topological polar surface area (TPSA) is 75.3 Å². The maximum atomic E-state index is 12.7. The van der Waals surface area contributed by atoms with Gasteiger partial charge in [0.25, 0.3) is 5.91 Å². The van der Waals surface area contributed by atoms with Crippen molar-refractivity contribution >= 4 is 15.9 Å². The van der Waals surface area contributed by atoms with Crippen LogP contribution < -0.4 is 10.0 Å². The summed E-state index contributed by atoms with van der Waals surface area (Å²) in [5.41, 5.74) is 1.25. The molecule has 3 rings (SSSR count).